The largest absolute Gasteiger partial charge is 2.00 e. The number of benzene rings is 2. The molecule has 0 spiro atoms. The molecule has 6 aliphatic rings. The second-order valence-electron chi connectivity index (χ2n) is 35.3. The van der Waals surface area contributed by atoms with Gasteiger partial charge in [0.15, 0.2) is 11.4 Å². The Bertz CT molecular complexity index is 4090. The fourth-order valence-corrected chi connectivity index (χ4v) is 27.9. The zero-order valence-corrected chi connectivity index (χ0v) is 88.5. The summed E-state index contributed by atoms with van der Waals surface area (Å²) in [7, 11) is 16.6. The van der Waals surface area contributed by atoms with Gasteiger partial charge in [0, 0.05) is 89.4 Å². The van der Waals surface area contributed by atoms with Gasteiger partial charge in [0.05, 0.1) is 62.1 Å². The van der Waals surface area contributed by atoms with Crippen LogP contribution in [0.15, 0.2) is 71.9 Å². The van der Waals surface area contributed by atoms with Gasteiger partial charge in [0.2, 0.25) is 23.6 Å². The Kier molecular flexibility index (Phi) is 45.3. The monoisotopic (exact) mass is 1980 g/mol. The van der Waals surface area contributed by atoms with E-state index in [1.807, 2.05) is 64.5 Å². The number of epoxide rings is 2. The number of aliphatic hydroxyl groups is 3. The molecule has 4 saturated heterocycles. The molecule has 27 nitrogen and oxygen atoms in total. The summed E-state index contributed by atoms with van der Waals surface area (Å²) in [4.78, 5) is 108. The van der Waals surface area contributed by atoms with Crippen molar-refractivity contribution in [3.05, 3.63) is 97.7 Å². The molecule has 6 aliphatic heterocycles. The molecule has 0 saturated carbocycles. The van der Waals surface area contributed by atoms with Gasteiger partial charge in [0.25, 0.3) is 0 Å². The van der Waals surface area contributed by atoms with Gasteiger partial charge >= 0.3 is 43.7 Å². The van der Waals surface area contributed by atoms with E-state index in [2.05, 4.69) is 77.6 Å². The molecule has 15 unspecified atom stereocenters. The zero-order valence-electron chi connectivity index (χ0n) is 77.2. The summed E-state index contributed by atoms with van der Waals surface area (Å²) in [6.07, 6.45) is 8.46. The van der Waals surface area contributed by atoms with Crippen molar-refractivity contribution in [2.45, 2.75) is 280 Å². The number of methoxy groups -OCH3 is 4. The first-order valence-electron chi connectivity index (χ1n) is 40.5. The minimum absolute atomic E-state index is 0. The first kappa shape index (κ1) is 114. The van der Waals surface area contributed by atoms with Gasteiger partial charge in [-0.1, -0.05) is 184 Å². The number of hydrogen-bond donors (Lipinski definition) is 5. The van der Waals surface area contributed by atoms with Crippen molar-refractivity contribution in [3.63, 3.8) is 0 Å². The number of anilines is 2. The van der Waals surface area contributed by atoms with Gasteiger partial charge in [-0.3, -0.25) is 34.6 Å². The molecule has 0 radical (unpaired) electrons. The number of likely N-dealkylation sites (N-methyl/N-ethyl adjacent to an activating group) is 2. The molecule has 39 heteroatoms. The van der Waals surface area contributed by atoms with Crippen molar-refractivity contribution in [3.8, 4) is 11.5 Å². The van der Waals surface area contributed by atoms with E-state index in [0.29, 0.717) is 55.0 Å². The minimum Gasteiger partial charge on any atom is -0.668 e. The fraction of sp³-hybridized carbons (Fsp3) is 0.671. The predicted octanol–water partition coefficient (Wildman–Crippen LogP) is 16.5. The summed E-state index contributed by atoms with van der Waals surface area (Å²) >= 11 is 22.9. The van der Waals surface area contributed by atoms with Crippen molar-refractivity contribution >= 4 is 165 Å². The third-order valence-electron chi connectivity index (χ3n) is 22.0. The second-order valence-corrected chi connectivity index (χ2v) is 52.6. The smallest absolute Gasteiger partial charge is 0.668 e. The van der Waals surface area contributed by atoms with E-state index in [1.54, 1.807) is 122 Å². The minimum atomic E-state index is -1.83. The zero-order chi connectivity index (χ0) is 93.8. The number of hydrogen-bond acceptors (Lipinski definition) is 24. The van der Waals surface area contributed by atoms with Gasteiger partial charge in [-0.25, -0.2) is 14.4 Å². The van der Waals surface area contributed by atoms with Crippen LogP contribution in [0.25, 0.3) is 4.65 Å². The van der Waals surface area contributed by atoms with Crippen LogP contribution in [0.1, 0.15) is 146 Å². The average Bonchev–Trinajstić information content (AvgIpc) is 1.57. The van der Waals surface area contributed by atoms with Crippen LogP contribution in [0.4, 0.5) is 25.4 Å². The van der Waals surface area contributed by atoms with E-state index in [-0.39, 0.29) is 94.2 Å². The van der Waals surface area contributed by atoms with Crippen molar-refractivity contribution in [1.29, 1.82) is 0 Å². The number of rotatable bonds is 21. The third kappa shape index (κ3) is 33.3. The van der Waals surface area contributed by atoms with Crippen LogP contribution in [-0.4, -0.2) is 257 Å². The molecule has 4 fully saturated rings. The van der Waals surface area contributed by atoms with Gasteiger partial charge in [-0.15, -0.1) is 23.2 Å². The standard InChI is InChI=1S/C39H56ClN3O10S2.C28H37ClN2O8.C11H20FNO2S2.C6H18NSi2.CH2Cl2.Zn/c1-22-13-12-14-29(50-10)39(48)21-28(51-36(47)41-39)23(2)34-38(6,53-34)30(20-32(45)43(8)26-18-25(17-22)19-27(49-9)33(26)40)52-35(46)24(3)42(7)31(44)15-16-37(4,5)55-54-11;1-15-8-7-9-22(37-6)28(35)14-20(38-26(34)30-28)16(2)25-27(3,39-25)21(32)13-23(33)31(4)18-11-17(10-15)12-19(36-5)24(18)29;1-8(10(12)15)13(4)9(14)6-7-11(2,3)17-16-5;1-8(2,3)7-9(4,5)6;2-1-3;/h12-14,18-19,23-24,28-30,34,48H,15-17,20-21H2,1-11H3,(H,41,47);7-9,11-12,16,20-22,25,32,35H,10,13-14H2,1-6H3,(H,30,34);8H,6-7H2,1-5H3;1-6H3;1H2;/q;;;-1;;+2/b14-12+,22-13+;9-7+,15-8+;;;;/t23?,24-,28?,29?,30?,34?,38?,39?;;;;;/m0...../s1. The maximum Gasteiger partial charge on any atom is 2.00 e. The fourth-order valence-electron chi connectivity index (χ4n) is 14.8. The van der Waals surface area contributed by atoms with E-state index in [1.165, 1.54) is 62.0 Å². The maximum atomic E-state index is 14.2. The Morgan fingerprint density at radius 3 is 1.37 bits per heavy atom. The molecular formula is C85H133Cl4FN7O20S4Si2Zn+. The number of nitrogens with one attached hydrogen (secondary N) is 2. The topological polar surface area (TPSA) is 338 Å². The number of nitrogens with zero attached hydrogens (tertiary/aromatic N) is 5. The van der Waals surface area contributed by atoms with E-state index < -0.39 is 142 Å². The molecule has 124 heavy (non-hydrogen) atoms. The van der Waals surface area contributed by atoms with E-state index in [4.69, 9.17) is 93.7 Å². The Balaban J connectivity index is 0.000000495. The number of aliphatic hydroxyl groups excluding tert-OH is 1. The summed E-state index contributed by atoms with van der Waals surface area (Å²) in [5.41, 5.74) is -1.38. The molecule has 2 aromatic carbocycles. The molecular weight excluding hydrogens is 1850 g/mol. The molecule has 8 bridgehead atoms. The number of halogens is 5. The number of ether oxygens (including phenoxy) is 9. The van der Waals surface area contributed by atoms with Crippen molar-refractivity contribution in [2.24, 2.45) is 11.8 Å². The van der Waals surface area contributed by atoms with E-state index in [9.17, 15) is 58.1 Å². The molecule has 8 rings (SSSR count). The summed E-state index contributed by atoms with van der Waals surface area (Å²) in [5.74, 6) is -2.02. The summed E-state index contributed by atoms with van der Waals surface area (Å²) in [6, 6.07) is 3.80. The normalized spacial score (nSPS) is 28.5. The molecule has 6 amide bonds. The Labute approximate surface area is 784 Å². The van der Waals surface area contributed by atoms with Crippen molar-refractivity contribution in [1.82, 2.24) is 20.4 Å². The van der Waals surface area contributed by atoms with Crippen LogP contribution in [0, 0.1) is 11.8 Å². The summed E-state index contributed by atoms with van der Waals surface area (Å²) in [6.45, 7) is 36.0. The first-order valence-corrected chi connectivity index (χ1v) is 54.4. The number of alkyl halides is 2. The molecule has 696 valence electrons. The number of carbonyl (C=O) groups is 8. The maximum absolute atomic E-state index is 14.2. The predicted molar refractivity (Wildman–Crippen MR) is 500 cm³/mol. The molecule has 0 aromatic heterocycles. The van der Waals surface area contributed by atoms with E-state index >= 15 is 0 Å². The number of fused-ring (bicyclic) bond motifs is 10. The molecule has 2 aromatic rings. The Hall–Kier alpha value is -4.21. The molecule has 0 aliphatic carbocycles. The van der Waals surface area contributed by atoms with Crippen LogP contribution in [-0.2, 0) is 94.2 Å². The second kappa shape index (κ2) is 49.3. The Morgan fingerprint density at radius 2 is 1.02 bits per heavy atom. The summed E-state index contributed by atoms with van der Waals surface area (Å²) in [5, 5.41) is 40.0. The van der Waals surface area contributed by atoms with Gasteiger partial charge in [-0.2, -0.15) is 4.39 Å². The number of esters is 1. The van der Waals surface area contributed by atoms with Gasteiger partial charge < -0.3 is 82.2 Å². The Morgan fingerprint density at radius 1 is 0.661 bits per heavy atom. The van der Waals surface area contributed by atoms with Gasteiger partial charge in [0.1, 0.15) is 75.3 Å². The number of alkyl carbamates (subject to hydrolysis) is 2. The molecule has 5 N–H and O–H groups in total. The summed E-state index contributed by atoms with van der Waals surface area (Å²) < 4.78 is 68.9. The quantitative estimate of drug-likeness (QED) is 0.0147. The molecule has 16 atom stereocenters. The van der Waals surface area contributed by atoms with Crippen LogP contribution in [0.5, 0.6) is 11.5 Å². The van der Waals surface area contributed by atoms with Crippen LogP contribution >= 0.6 is 89.6 Å². The van der Waals surface area contributed by atoms with Crippen LogP contribution in [0.3, 0.4) is 0 Å². The number of allylic oxidation sites excluding steroid dienone is 6. The van der Waals surface area contributed by atoms with Crippen LogP contribution in [0.2, 0.25) is 49.3 Å². The van der Waals surface area contributed by atoms with Gasteiger partial charge in [-0.05, 0) is 143 Å². The number of carbonyl (C=O) groups excluding carboxylic acids is 8. The van der Waals surface area contributed by atoms with Crippen LogP contribution < -0.4 is 29.9 Å². The molecule has 6 heterocycles. The average molecular weight is 1980 g/mol. The van der Waals surface area contributed by atoms with Crippen molar-refractivity contribution in [2.75, 3.05) is 84.3 Å². The number of amides is 6. The third-order valence-corrected chi connectivity index (χ3v) is 33.5. The SMILES string of the molecule is COc1cc2cc(c1Cl)N(C)C(=O)CC(O)C1(C)OC1C(C)C1CC(O)(NC(=O)O1)C(OC)/C=C/C=C(\C)C2.COc1cc2cc(c1Cl)N(C)C(=O)CC(OC(=O)[C@H](C)N(C)C(=O)CCC(C)(C)SSC)C1(C)OC1C(C)C1CC(O)(NC(=O)O1)C(OC)/C=C/C=C(\C)C2.CSSC(C)(C)CCC(=O)N(C)C(C)C(=O)F.C[Si](C)(C)[N-][Si](C)(C)C.ClCCl.[Zn+2]. The first-order chi connectivity index (χ1) is 56.8. The van der Waals surface area contributed by atoms with E-state index in [0.717, 1.165) is 22.3 Å². The van der Waals surface area contributed by atoms with Crippen molar-refractivity contribution < 1.29 is 120 Å².